The Kier molecular flexibility index (Phi) is 3.10. The largest absolute Gasteiger partial charge is 0.369 e. The maximum absolute atomic E-state index is 11.4. The predicted molar refractivity (Wildman–Crippen MR) is 76.3 cm³/mol. The molecule has 0 bridgehead atoms. The number of carbonyl (C=O) groups excluding carboxylic acids is 1. The smallest absolute Gasteiger partial charge is 0.222 e. The summed E-state index contributed by atoms with van der Waals surface area (Å²) in [7, 11) is 0. The third-order valence-electron chi connectivity index (χ3n) is 3.64. The van der Waals surface area contributed by atoms with Crippen molar-refractivity contribution in [1.82, 2.24) is 9.97 Å². The second-order valence-corrected chi connectivity index (χ2v) is 5.86. The van der Waals surface area contributed by atoms with E-state index in [4.69, 9.17) is 5.73 Å². The van der Waals surface area contributed by atoms with E-state index in [-0.39, 0.29) is 11.8 Å². The van der Waals surface area contributed by atoms with Gasteiger partial charge in [-0.25, -0.2) is 9.97 Å². The SMILES string of the molecule is Cc1csc2c(N3CCCC(C(N)=O)C3)ncnc12. The summed E-state index contributed by atoms with van der Waals surface area (Å²) in [5.74, 6) is 0.659. The molecule has 1 atom stereocenters. The number of nitrogens with zero attached hydrogens (tertiary/aromatic N) is 3. The summed E-state index contributed by atoms with van der Waals surface area (Å²) in [6, 6.07) is 0. The van der Waals surface area contributed by atoms with Gasteiger partial charge in [-0.2, -0.15) is 0 Å². The number of piperidine rings is 1. The average Bonchev–Trinajstić information content (AvgIpc) is 2.81. The van der Waals surface area contributed by atoms with Crippen LogP contribution in [0.25, 0.3) is 10.2 Å². The molecule has 19 heavy (non-hydrogen) atoms. The highest BCUT2D eigenvalue weighted by Crippen LogP contribution is 2.32. The molecular weight excluding hydrogens is 260 g/mol. The molecule has 5 nitrogen and oxygen atoms in total. The number of anilines is 1. The molecule has 1 fully saturated rings. The first-order valence-corrected chi connectivity index (χ1v) is 7.28. The van der Waals surface area contributed by atoms with Gasteiger partial charge in [0, 0.05) is 13.1 Å². The second-order valence-electron chi connectivity index (χ2n) is 4.98. The van der Waals surface area contributed by atoms with Crippen LogP contribution in [0.3, 0.4) is 0 Å². The van der Waals surface area contributed by atoms with Crippen LogP contribution >= 0.6 is 11.3 Å². The number of amides is 1. The van der Waals surface area contributed by atoms with Crippen LogP contribution in [-0.2, 0) is 4.79 Å². The summed E-state index contributed by atoms with van der Waals surface area (Å²) >= 11 is 1.66. The minimum Gasteiger partial charge on any atom is -0.369 e. The number of thiophene rings is 1. The Morgan fingerprint density at radius 1 is 1.53 bits per heavy atom. The zero-order chi connectivity index (χ0) is 13.4. The third-order valence-corrected chi connectivity index (χ3v) is 4.72. The molecule has 0 radical (unpaired) electrons. The van der Waals surface area contributed by atoms with E-state index < -0.39 is 0 Å². The predicted octanol–water partition coefficient (Wildman–Crippen LogP) is 1.70. The van der Waals surface area contributed by atoms with Crippen LogP contribution < -0.4 is 10.6 Å². The van der Waals surface area contributed by atoms with Gasteiger partial charge in [0.05, 0.1) is 16.1 Å². The number of primary amides is 1. The van der Waals surface area contributed by atoms with E-state index in [1.807, 2.05) is 0 Å². The molecule has 0 spiro atoms. The first-order valence-electron chi connectivity index (χ1n) is 6.40. The molecule has 1 aliphatic heterocycles. The van der Waals surface area contributed by atoms with E-state index in [1.54, 1.807) is 17.7 Å². The van der Waals surface area contributed by atoms with Crippen molar-refractivity contribution in [2.24, 2.45) is 11.7 Å². The fourth-order valence-corrected chi connectivity index (χ4v) is 3.60. The zero-order valence-corrected chi connectivity index (χ0v) is 11.6. The Hall–Kier alpha value is -1.69. The number of aryl methyl sites for hydroxylation is 1. The van der Waals surface area contributed by atoms with Gasteiger partial charge in [-0.15, -0.1) is 11.3 Å². The van der Waals surface area contributed by atoms with Gasteiger partial charge in [0.15, 0.2) is 0 Å². The Balaban J connectivity index is 1.97. The lowest BCUT2D eigenvalue weighted by molar-refractivity contribution is -0.122. The molecule has 1 saturated heterocycles. The first kappa shape index (κ1) is 12.3. The standard InChI is InChI=1S/C13H16N4OS/c1-8-6-19-11-10(8)15-7-16-13(11)17-4-2-3-9(5-17)12(14)18/h6-7,9H,2-5H2,1H3,(H2,14,18). The summed E-state index contributed by atoms with van der Waals surface area (Å²) in [4.78, 5) is 22.3. The van der Waals surface area contributed by atoms with E-state index in [1.165, 1.54) is 5.56 Å². The van der Waals surface area contributed by atoms with Crippen molar-refractivity contribution in [3.8, 4) is 0 Å². The van der Waals surface area contributed by atoms with Crippen LogP contribution in [0.1, 0.15) is 18.4 Å². The molecule has 6 heteroatoms. The molecule has 0 aliphatic carbocycles. The first-order chi connectivity index (χ1) is 9.16. The molecule has 0 saturated carbocycles. The molecule has 2 aromatic rings. The molecule has 0 aromatic carbocycles. The molecule has 3 rings (SSSR count). The van der Waals surface area contributed by atoms with Gasteiger partial charge in [0.2, 0.25) is 5.91 Å². The van der Waals surface area contributed by atoms with E-state index in [9.17, 15) is 4.79 Å². The molecule has 1 unspecified atom stereocenters. The quantitative estimate of drug-likeness (QED) is 0.906. The highest BCUT2D eigenvalue weighted by Gasteiger charge is 2.26. The van der Waals surface area contributed by atoms with Crippen LogP contribution in [-0.4, -0.2) is 29.0 Å². The Bertz CT molecular complexity index is 624. The fourth-order valence-electron chi connectivity index (χ4n) is 2.58. The van der Waals surface area contributed by atoms with E-state index in [2.05, 4.69) is 27.2 Å². The molecular formula is C13H16N4OS. The summed E-state index contributed by atoms with van der Waals surface area (Å²) in [5.41, 5.74) is 7.61. The van der Waals surface area contributed by atoms with Crippen molar-refractivity contribution in [3.05, 3.63) is 17.3 Å². The Morgan fingerprint density at radius 2 is 2.37 bits per heavy atom. The van der Waals surface area contributed by atoms with Crippen molar-refractivity contribution in [3.63, 3.8) is 0 Å². The maximum Gasteiger partial charge on any atom is 0.222 e. The number of nitrogens with two attached hydrogens (primary N) is 1. The number of fused-ring (bicyclic) bond motifs is 1. The van der Waals surface area contributed by atoms with Crippen LogP contribution in [0.4, 0.5) is 5.82 Å². The molecule has 2 aromatic heterocycles. The van der Waals surface area contributed by atoms with Gasteiger partial charge in [-0.05, 0) is 30.7 Å². The van der Waals surface area contributed by atoms with Crippen LogP contribution in [0.2, 0.25) is 0 Å². The average molecular weight is 276 g/mol. The maximum atomic E-state index is 11.4. The summed E-state index contributed by atoms with van der Waals surface area (Å²) in [5, 5.41) is 2.10. The lowest BCUT2D eigenvalue weighted by Crippen LogP contribution is -2.41. The van der Waals surface area contributed by atoms with E-state index in [0.717, 1.165) is 35.4 Å². The van der Waals surface area contributed by atoms with Crippen molar-refractivity contribution in [2.75, 3.05) is 18.0 Å². The van der Waals surface area contributed by atoms with Gasteiger partial charge in [0.1, 0.15) is 12.1 Å². The van der Waals surface area contributed by atoms with Crippen molar-refractivity contribution < 1.29 is 4.79 Å². The Labute approximate surface area is 115 Å². The molecule has 100 valence electrons. The molecule has 1 amide bonds. The lowest BCUT2D eigenvalue weighted by atomic mass is 9.97. The zero-order valence-electron chi connectivity index (χ0n) is 10.8. The van der Waals surface area contributed by atoms with Crippen molar-refractivity contribution in [2.45, 2.75) is 19.8 Å². The number of rotatable bonds is 2. The highest BCUT2D eigenvalue weighted by molar-refractivity contribution is 7.18. The van der Waals surface area contributed by atoms with Crippen LogP contribution in [0.15, 0.2) is 11.7 Å². The fraction of sp³-hybridized carbons (Fsp3) is 0.462. The second kappa shape index (κ2) is 4.77. The Morgan fingerprint density at radius 3 is 3.16 bits per heavy atom. The number of hydrogen-bond donors (Lipinski definition) is 1. The van der Waals surface area contributed by atoms with Crippen molar-refractivity contribution in [1.29, 1.82) is 0 Å². The van der Waals surface area contributed by atoms with Crippen LogP contribution in [0.5, 0.6) is 0 Å². The minimum atomic E-state index is -0.211. The lowest BCUT2D eigenvalue weighted by Gasteiger charge is -2.32. The number of carbonyl (C=O) groups is 1. The topological polar surface area (TPSA) is 72.1 Å². The number of hydrogen-bond acceptors (Lipinski definition) is 5. The summed E-state index contributed by atoms with van der Waals surface area (Å²) < 4.78 is 1.10. The highest BCUT2D eigenvalue weighted by atomic mass is 32.1. The van der Waals surface area contributed by atoms with Gasteiger partial charge >= 0.3 is 0 Å². The normalized spacial score (nSPS) is 19.8. The molecule has 3 heterocycles. The summed E-state index contributed by atoms with van der Waals surface area (Å²) in [6.07, 6.45) is 3.46. The van der Waals surface area contributed by atoms with Gasteiger partial charge < -0.3 is 10.6 Å². The molecule has 1 aliphatic rings. The van der Waals surface area contributed by atoms with E-state index in [0.29, 0.717) is 6.54 Å². The summed E-state index contributed by atoms with van der Waals surface area (Å²) in [6.45, 7) is 3.64. The van der Waals surface area contributed by atoms with Crippen LogP contribution in [0, 0.1) is 12.8 Å². The van der Waals surface area contributed by atoms with Gasteiger partial charge in [-0.3, -0.25) is 4.79 Å². The minimum absolute atomic E-state index is 0.0696. The van der Waals surface area contributed by atoms with Gasteiger partial charge in [-0.1, -0.05) is 0 Å². The third kappa shape index (κ3) is 2.16. The molecule has 2 N–H and O–H groups in total. The van der Waals surface area contributed by atoms with E-state index >= 15 is 0 Å². The van der Waals surface area contributed by atoms with Gasteiger partial charge in [0.25, 0.3) is 0 Å². The van der Waals surface area contributed by atoms with Crippen molar-refractivity contribution >= 4 is 33.3 Å². The number of aromatic nitrogens is 2. The monoisotopic (exact) mass is 276 g/mol.